The van der Waals surface area contributed by atoms with E-state index in [2.05, 4.69) is 45.3 Å². The van der Waals surface area contributed by atoms with Crippen LogP contribution in [0.4, 0.5) is 26.3 Å². The minimum Gasteiger partial charge on any atom is -0.404 e. The van der Waals surface area contributed by atoms with E-state index in [1.807, 2.05) is 11.8 Å². The fourth-order valence-corrected chi connectivity index (χ4v) is 14.2. The molecule has 22 heteroatoms. The van der Waals surface area contributed by atoms with Crippen molar-refractivity contribution in [2.75, 3.05) is 52.4 Å². The molecular formula is C44H66B2F6N6O8. The van der Waals surface area contributed by atoms with Crippen LogP contribution in [0.3, 0.4) is 0 Å². The van der Waals surface area contributed by atoms with Gasteiger partial charge in [-0.2, -0.15) is 26.3 Å². The Bertz CT molecular complexity index is 1910. The Morgan fingerprint density at radius 1 is 0.712 bits per heavy atom. The lowest BCUT2D eigenvalue weighted by molar-refractivity contribution is -0.199. The second-order valence-electron chi connectivity index (χ2n) is 22.5. The van der Waals surface area contributed by atoms with Gasteiger partial charge in [-0.05, 0) is 119 Å². The molecule has 6 saturated carbocycles. The summed E-state index contributed by atoms with van der Waals surface area (Å²) in [5.41, 5.74) is -0.283. The molecule has 0 aromatic heterocycles. The Hall–Kier alpha value is -2.65. The van der Waals surface area contributed by atoms with Crippen LogP contribution in [0.25, 0.3) is 0 Å². The van der Waals surface area contributed by atoms with Crippen LogP contribution < -0.4 is 10.6 Å². The standard InChI is InChI=1S/C24H32BF6N3O5.C20H34BN3O3/c1-21(2)13-9-15(21)22(3)16(10-13)38-25(39-22)17-5-4-7-33(17)18(35)12-34(20(37)24(29,30)31)14-6-8-32(11-14)19(36)23(26,27)28;1-19(2)13-9-15(19)20(3)16(10-13)26-21(27-20)17-5-4-8-24(17)18(25)12-23-14-6-7-22-11-14/h13-17H,4-12H2,1-3H3;13-17,22-23H,4-12H2,1-3H3/t13-,14+,15-,16+,17-,22-;13-,14+,15-,16+,17-,20-/m00/s1. The van der Waals surface area contributed by atoms with Crippen LogP contribution in [-0.2, 0) is 37.8 Å². The van der Waals surface area contributed by atoms with Gasteiger partial charge in [0.1, 0.15) is 6.54 Å². The van der Waals surface area contributed by atoms with Gasteiger partial charge in [0.05, 0.1) is 47.9 Å². The molecule has 0 spiro atoms. The second-order valence-corrected chi connectivity index (χ2v) is 22.5. The number of nitrogens with one attached hydrogen (secondary N) is 2. The van der Waals surface area contributed by atoms with Crippen LogP contribution >= 0.6 is 0 Å². The van der Waals surface area contributed by atoms with Gasteiger partial charge in [0.15, 0.2) is 0 Å². The van der Waals surface area contributed by atoms with Crippen LogP contribution in [0.5, 0.6) is 0 Å². The molecule has 0 radical (unpaired) electrons. The smallest absolute Gasteiger partial charge is 0.404 e. The van der Waals surface area contributed by atoms with E-state index in [-0.39, 0.29) is 66.0 Å². The van der Waals surface area contributed by atoms with Gasteiger partial charge in [0.25, 0.3) is 0 Å². The van der Waals surface area contributed by atoms with Gasteiger partial charge in [-0.3, -0.25) is 19.2 Å². The van der Waals surface area contributed by atoms with Crippen LogP contribution in [0.2, 0.25) is 0 Å². The summed E-state index contributed by atoms with van der Waals surface area (Å²) in [7, 11) is -1.02. The third-order valence-corrected chi connectivity index (χ3v) is 18.4. The molecule has 6 heterocycles. The Kier molecular flexibility index (Phi) is 12.5. The Balaban J connectivity index is 0.000000177. The molecule has 0 unspecified atom stereocenters. The van der Waals surface area contributed by atoms with Crippen molar-refractivity contribution in [2.45, 2.75) is 165 Å². The van der Waals surface area contributed by atoms with Gasteiger partial charge in [-0.25, -0.2) is 0 Å². The summed E-state index contributed by atoms with van der Waals surface area (Å²) < 4.78 is 105. The predicted octanol–water partition coefficient (Wildman–Crippen LogP) is 4.00. The molecule has 12 aliphatic rings. The first-order valence-corrected chi connectivity index (χ1v) is 24.3. The first-order valence-electron chi connectivity index (χ1n) is 24.3. The van der Waals surface area contributed by atoms with Crippen molar-refractivity contribution >= 4 is 37.9 Å². The average molecular weight is 943 g/mol. The molecule has 12 rings (SSSR count). The average Bonchev–Trinajstić information content (AvgIpc) is 4.10. The molecular weight excluding hydrogens is 876 g/mol. The fourth-order valence-electron chi connectivity index (χ4n) is 14.2. The van der Waals surface area contributed by atoms with Gasteiger partial charge >= 0.3 is 38.4 Å². The summed E-state index contributed by atoms with van der Waals surface area (Å²) in [5.74, 6) is -3.48. The summed E-state index contributed by atoms with van der Waals surface area (Å²) >= 11 is 0. The number of nitrogens with zero attached hydrogens (tertiary/aromatic N) is 4. The van der Waals surface area contributed by atoms with Crippen molar-refractivity contribution in [3.05, 3.63) is 0 Å². The number of carbonyl (C=O) groups excluding carboxylic acids is 4. The third kappa shape index (κ3) is 8.27. The Morgan fingerprint density at radius 2 is 1.24 bits per heavy atom. The first-order chi connectivity index (χ1) is 30.8. The summed E-state index contributed by atoms with van der Waals surface area (Å²) in [6.45, 7) is 14.7. The van der Waals surface area contributed by atoms with E-state index in [0.29, 0.717) is 47.6 Å². The van der Waals surface area contributed by atoms with Crippen molar-refractivity contribution < 1.29 is 64.1 Å². The topological polar surface area (TPSA) is 142 Å². The van der Waals surface area contributed by atoms with E-state index >= 15 is 0 Å². The molecule has 6 aliphatic carbocycles. The Morgan fingerprint density at radius 3 is 1.71 bits per heavy atom. The molecule has 6 saturated heterocycles. The molecule has 2 N–H and O–H groups in total. The molecule has 14 nitrogen and oxygen atoms in total. The van der Waals surface area contributed by atoms with Gasteiger partial charge < -0.3 is 48.9 Å². The van der Waals surface area contributed by atoms with Crippen molar-refractivity contribution in [3.63, 3.8) is 0 Å². The lowest BCUT2D eigenvalue weighted by Crippen LogP contribution is -2.65. The summed E-state index contributed by atoms with van der Waals surface area (Å²) in [6, 6.07) is -0.963. The highest BCUT2D eigenvalue weighted by Crippen LogP contribution is 2.67. The molecule has 0 aromatic carbocycles. The third-order valence-electron chi connectivity index (χ3n) is 18.4. The number of halogens is 6. The largest absolute Gasteiger partial charge is 0.481 e. The molecule has 66 heavy (non-hydrogen) atoms. The number of hydrogen-bond acceptors (Lipinski definition) is 10. The monoisotopic (exact) mass is 943 g/mol. The zero-order chi connectivity index (χ0) is 47.5. The van der Waals surface area contributed by atoms with E-state index in [1.54, 1.807) is 0 Å². The van der Waals surface area contributed by atoms with Crippen LogP contribution in [0.1, 0.15) is 106 Å². The number of amides is 4. The quantitative estimate of drug-likeness (QED) is 0.271. The predicted molar refractivity (Wildman–Crippen MR) is 228 cm³/mol. The van der Waals surface area contributed by atoms with Gasteiger partial charge in [-0.15, -0.1) is 0 Å². The number of likely N-dealkylation sites (tertiary alicyclic amines) is 3. The minimum absolute atomic E-state index is 0.0729. The summed E-state index contributed by atoms with van der Waals surface area (Å²) in [5, 5.41) is 6.75. The molecule has 4 amide bonds. The molecule has 6 aliphatic heterocycles. The first kappa shape index (κ1) is 48.4. The van der Waals surface area contributed by atoms with Crippen molar-refractivity contribution in [1.29, 1.82) is 0 Å². The highest BCUT2D eigenvalue weighted by molar-refractivity contribution is 6.48. The second kappa shape index (κ2) is 17.0. The van der Waals surface area contributed by atoms with Crippen LogP contribution in [-0.4, -0.2) is 170 Å². The summed E-state index contributed by atoms with van der Waals surface area (Å²) in [6.07, 6.45) is -2.41. The number of carbonyl (C=O) groups is 4. The van der Waals surface area contributed by atoms with Crippen molar-refractivity contribution in [1.82, 2.24) is 30.2 Å². The molecule has 12 atom stereocenters. The van der Waals surface area contributed by atoms with Crippen LogP contribution in [0.15, 0.2) is 0 Å². The minimum atomic E-state index is -5.35. The zero-order valence-electron chi connectivity index (χ0n) is 39.0. The maximum atomic E-state index is 13.4. The van der Waals surface area contributed by atoms with Crippen molar-refractivity contribution in [3.8, 4) is 0 Å². The SMILES string of the molecule is CC1(C)[C@@H]2C[C@H]3OB([C@@H]4CCCN4C(=O)CN(C(=O)C(F)(F)F)[C@@H]4CCN(C(=O)C(F)(F)F)C4)O[C@@]3(C)[C@H]1C2.CC1(C)[C@@H]2C[C@H]3OB([C@@H]4CCCN4C(=O)CN[C@@H]4CCNC4)O[C@@]3(C)[C@H]1C2. The van der Waals surface area contributed by atoms with E-state index in [1.165, 1.54) is 11.3 Å². The maximum absolute atomic E-state index is 13.4. The van der Waals surface area contributed by atoms with E-state index in [0.717, 1.165) is 64.1 Å². The molecule has 0 aromatic rings. The number of rotatable bonds is 8. The number of alkyl halides is 6. The molecule has 12 fully saturated rings. The highest BCUT2D eigenvalue weighted by Gasteiger charge is 2.70. The normalized spacial score (nSPS) is 39.5. The maximum Gasteiger partial charge on any atom is 0.481 e. The lowest BCUT2D eigenvalue weighted by Gasteiger charge is -2.64. The molecule has 4 bridgehead atoms. The summed E-state index contributed by atoms with van der Waals surface area (Å²) in [4.78, 5) is 54.1. The van der Waals surface area contributed by atoms with Gasteiger partial charge in [0, 0.05) is 38.8 Å². The van der Waals surface area contributed by atoms with E-state index in [9.17, 15) is 45.5 Å². The Labute approximate surface area is 383 Å². The van der Waals surface area contributed by atoms with Crippen LogP contribution in [0, 0.1) is 34.5 Å². The van der Waals surface area contributed by atoms with E-state index in [4.69, 9.17) is 18.6 Å². The lowest BCUT2D eigenvalue weighted by atomic mass is 9.43. The number of hydrogen-bond donors (Lipinski definition) is 2. The van der Waals surface area contributed by atoms with Gasteiger partial charge in [0.2, 0.25) is 11.8 Å². The fraction of sp³-hybridized carbons (Fsp3) is 0.909. The van der Waals surface area contributed by atoms with Gasteiger partial charge in [-0.1, -0.05) is 27.7 Å². The van der Waals surface area contributed by atoms with E-state index < -0.39 is 74.4 Å². The van der Waals surface area contributed by atoms with Crippen molar-refractivity contribution in [2.24, 2.45) is 34.5 Å². The molecule has 368 valence electrons. The zero-order valence-corrected chi connectivity index (χ0v) is 39.0. The highest BCUT2D eigenvalue weighted by atomic mass is 19.4.